The van der Waals surface area contributed by atoms with E-state index < -0.39 is 11.2 Å². The van der Waals surface area contributed by atoms with E-state index in [1.807, 2.05) is 27.7 Å². The third kappa shape index (κ3) is 13.1. The summed E-state index contributed by atoms with van der Waals surface area (Å²) in [5, 5.41) is 0. The van der Waals surface area contributed by atoms with E-state index in [1.165, 1.54) is 0 Å². The maximum absolute atomic E-state index is 5.39. The molecule has 0 heterocycles. The van der Waals surface area contributed by atoms with Gasteiger partial charge in [-0.3, -0.25) is 0 Å². The van der Waals surface area contributed by atoms with Crippen LogP contribution in [0.25, 0.3) is 0 Å². The molecule has 0 amide bonds. The van der Waals surface area contributed by atoms with Crippen molar-refractivity contribution in [1.29, 1.82) is 0 Å². The van der Waals surface area contributed by atoms with Crippen molar-refractivity contribution in [2.75, 3.05) is 13.2 Å². The van der Waals surface area contributed by atoms with Gasteiger partial charge < -0.3 is 0 Å². The van der Waals surface area contributed by atoms with E-state index in [9.17, 15) is 0 Å². The molecule has 4 nitrogen and oxygen atoms in total. The fraction of sp³-hybridized carbons (Fsp3) is 0.889. The molecule has 0 bridgehead atoms. The van der Waals surface area contributed by atoms with E-state index in [4.69, 9.17) is 19.6 Å². The average molecular weight is 314 g/mol. The lowest BCUT2D eigenvalue weighted by atomic mass is 9.99. The maximum atomic E-state index is 5.39. The van der Waals surface area contributed by atoms with Gasteiger partial charge in [-0.15, -0.1) is 0 Å². The van der Waals surface area contributed by atoms with Crippen LogP contribution in [0.3, 0.4) is 0 Å². The third-order valence-electron chi connectivity index (χ3n) is 2.18. The molecule has 0 atom stereocenters. The Morgan fingerprint density at radius 3 is 1.05 bits per heavy atom. The highest BCUT2D eigenvalue weighted by Crippen LogP contribution is 2.18. The van der Waals surface area contributed by atoms with Gasteiger partial charge in [0.05, 0.1) is 13.2 Å². The highest BCUT2D eigenvalue weighted by molar-refractivity contribution is 5.17. The Balaban J connectivity index is 4.42. The summed E-state index contributed by atoms with van der Waals surface area (Å²) in [6.07, 6.45) is 0. The first kappa shape index (κ1) is 21.4. The van der Waals surface area contributed by atoms with Crippen molar-refractivity contribution in [3.63, 3.8) is 0 Å². The van der Waals surface area contributed by atoms with Gasteiger partial charge in [-0.25, -0.2) is 19.6 Å². The summed E-state index contributed by atoms with van der Waals surface area (Å²) < 4.78 is 0. The maximum Gasteiger partial charge on any atom is 0.158 e. The van der Waals surface area contributed by atoms with Gasteiger partial charge in [0, 0.05) is 0 Å². The highest BCUT2D eigenvalue weighted by Gasteiger charge is 2.23. The molecule has 0 saturated heterocycles. The number of hydrogen-bond donors (Lipinski definition) is 0. The Morgan fingerprint density at radius 2 is 0.818 bits per heavy atom. The lowest BCUT2D eigenvalue weighted by molar-refractivity contribution is -0.350. The molecule has 0 N–H and O–H groups in total. The number of rotatable bonds is 6. The van der Waals surface area contributed by atoms with E-state index in [0.29, 0.717) is 13.2 Å². The van der Waals surface area contributed by atoms with Gasteiger partial charge in [0.15, 0.2) is 11.2 Å². The van der Waals surface area contributed by atoms with Gasteiger partial charge in [-0.1, -0.05) is 53.4 Å². The third-order valence-corrected chi connectivity index (χ3v) is 2.18. The lowest BCUT2D eigenvalue weighted by Crippen LogP contribution is -2.29. The topological polar surface area (TPSA) is 36.9 Å². The molecule has 0 aliphatic carbocycles. The standard InChI is InChI=1S/C18H34O4/c1-15(2,3)13-19-21-17(7,8)11-12-18(9,10)22-20-14-16(4,5)6/h13-14H2,1-10H3. The molecule has 0 aliphatic heterocycles. The summed E-state index contributed by atoms with van der Waals surface area (Å²) in [6.45, 7) is 20.9. The smallest absolute Gasteiger partial charge is 0.158 e. The molecule has 0 aromatic carbocycles. The first-order valence-corrected chi connectivity index (χ1v) is 7.78. The van der Waals surface area contributed by atoms with Crippen molar-refractivity contribution in [3.8, 4) is 11.8 Å². The molecule has 130 valence electrons. The second-order valence-corrected chi connectivity index (χ2v) is 9.08. The minimum atomic E-state index is -0.712. The van der Waals surface area contributed by atoms with Gasteiger partial charge in [0.1, 0.15) is 0 Å². The summed E-state index contributed by atoms with van der Waals surface area (Å²) >= 11 is 0. The monoisotopic (exact) mass is 314 g/mol. The first-order valence-electron chi connectivity index (χ1n) is 7.78. The fourth-order valence-electron chi connectivity index (χ4n) is 1.05. The van der Waals surface area contributed by atoms with Crippen LogP contribution in [0.5, 0.6) is 0 Å². The van der Waals surface area contributed by atoms with Crippen LogP contribution in [0.4, 0.5) is 0 Å². The normalized spacial score (nSPS) is 13.7. The summed E-state index contributed by atoms with van der Waals surface area (Å²) in [4.78, 5) is 21.3. The van der Waals surface area contributed by atoms with Crippen LogP contribution in [0.2, 0.25) is 0 Å². The van der Waals surface area contributed by atoms with Crippen molar-refractivity contribution in [2.45, 2.75) is 80.4 Å². The Hall–Kier alpha value is -0.600. The van der Waals surface area contributed by atoms with Crippen LogP contribution in [0.15, 0.2) is 0 Å². The van der Waals surface area contributed by atoms with Crippen molar-refractivity contribution in [2.24, 2.45) is 10.8 Å². The Kier molecular flexibility index (Phi) is 7.57. The van der Waals surface area contributed by atoms with E-state index in [1.54, 1.807) is 0 Å². The summed E-state index contributed by atoms with van der Waals surface area (Å²) in [6, 6.07) is 0. The summed E-state index contributed by atoms with van der Waals surface area (Å²) in [5.41, 5.74) is -1.33. The Bertz CT molecular complexity index is 350. The number of hydrogen-bond acceptors (Lipinski definition) is 4. The molecule has 0 radical (unpaired) electrons. The minimum absolute atomic E-state index is 0.0483. The van der Waals surface area contributed by atoms with Gasteiger partial charge in [0.25, 0.3) is 0 Å². The molecule has 0 spiro atoms. The van der Waals surface area contributed by atoms with Crippen molar-refractivity contribution in [1.82, 2.24) is 0 Å². The highest BCUT2D eigenvalue weighted by atomic mass is 17.2. The quantitative estimate of drug-likeness (QED) is 0.410. The van der Waals surface area contributed by atoms with E-state index in [-0.39, 0.29) is 10.8 Å². The van der Waals surface area contributed by atoms with Gasteiger partial charge in [0.2, 0.25) is 0 Å². The second-order valence-electron chi connectivity index (χ2n) is 9.08. The molecule has 0 rings (SSSR count). The van der Waals surface area contributed by atoms with E-state index in [2.05, 4.69) is 53.4 Å². The van der Waals surface area contributed by atoms with Gasteiger partial charge >= 0.3 is 0 Å². The molecule has 0 aromatic heterocycles. The van der Waals surface area contributed by atoms with Crippen LogP contribution in [0, 0.1) is 22.7 Å². The van der Waals surface area contributed by atoms with Crippen LogP contribution in [-0.4, -0.2) is 24.4 Å². The van der Waals surface area contributed by atoms with Crippen molar-refractivity contribution >= 4 is 0 Å². The van der Waals surface area contributed by atoms with Gasteiger partial charge in [-0.2, -0.15) is 0 Å². The second kappa shape index (κ2) is 7.79. The van der Waals surface area contributed by atoms with Crippen LogP contribution in [-0.2, 0) is 19.6 Å². The van der Waals surface area contributed by atoms with Crippen molar-refractivity contribution in [3.05, 3.63) is 0 Å². The molecule has 0 aromatic rings. The minimum Gasteiger partial charge on any atom is -0.235 e. The Morgan fingerprint density at radius 1 is 0.545 bits per heavy atom. The van der Waals surface area contributed by atoms with Crippen LogP contribution in [0.1, 0.15) is 69.2 Å². The average Bonchev–Trinajstić information content (AvgIpc) is 2.22. The molecule has 0 unspecified atom stereocenters. The van der Waals surface area contributed by atoms with Crippen molar-refractivity contribution < 1.29 is 19.6 Å². The molecular formula is C18H34O4. The summed E-state index contributed by atoms with van der Waals surface area (Å²) in [7, 11) is 0. The predicted molar refractivity (Wildman–Crippen MR) is 88.9 cm³/mol. The first-order chi connectivity index (χ1) is 9.62. The molecule has 22 heavy (non-hydrogen) atoms. The molecule has 4 heteroatoms. The van der Waals surface area contributed by atoms with E-state index in [0.717, 1.165) is 0 Å². The van der Waals surface area contributed by atoms with Crippen LogP contribution >= 0.6 is 0 Å². The fourth-order valence-corrected chi connectivity index (χ4v) is 1.05. The summed E-state index contributed by atoms with van der Waals surface area (Å²) in [5.74, 6) is 6.06. The zero-order valence-electron chi connectivity index (χ0n) is 16.0. The van der Waals surface area contributed by atoms with Gasteiger partial charge in [-0.05, 0) is 38.5 Å². The SMILES string of the molecule is CC(C)(C)COOC(C)(C)C#CC(C)(C)OOCC(C)(C)C. The molecule has 0 aliphatic rings. The zero-order chi connectivity index (χ0) is 17.7. The molecule has 0 saturated carbocycles. The Labute approximate surface area is 136 Å². The van der Waals surface area contributed by atoms with Crippen LogP contribution < -0.4 is 0 Å². The largest absolute Gasteiger partial charge is 0.235 e. The lowest BCUT2D eigenvalue weighted by Gasteiger charge is -2.24. The predicted octanol–water partition coefficient (Wildman–Crippen LogP) is 4.54. The molecule has 0 fully saturated rings. The molecular weight excluding hydrogens is 280 g/mol. The van der Waals surface area contributed by atoms with E-state index >= 15 is 0 Å². The zero-order valence-corrected chi connectivity index (χ0v) is 16.0.